The minimum absolute atomic E-state index is 0.252. The van der Waals surface area contributed by atoms with E-state index in [0.29, 0.717) is 12.5 Å². The van der Waals surface area contributed by atoms with Gasteiger partial charge in [-0.2, -0.15) is 5.10 Å². The fourth-order valence-corrected chi connectivity index (χ4v) is 2.16. The predicted octanol–water partition coefficient (Wildman–Crippen LogP) is 2.29. The second kappa shape index (κ2) is 4.24. The van der Waals surface area contributed by atoms with Gasteiger partial charge in [0.2, 0.25) is 0 Å². The highest BCUT2D eigenvalue weighted by molar-refractivity contribution is 9.10. The van der Waals surface area contributed by atoms with Gasteiger partial charge in [0.1, 0.15) is 4.60 Å². The third-order valence-electron chi connectivity index (χ3n) is 2.14. The first-order chi connectivity index (χ1) is 6.07. The minimum Gasteiger partial charge on any atom is -0.328 e. The maximum Gasteiger partial charge on any atom is 0.107 e. The lowest BCUT2D eigenvalue weighted by Crippen LogP contribution is -2.17. The molecule has 0 radical (unpaired) electrons. The van der Waals surface area contributed by atoms with Gasteiger partial charge in [0.15, 0.2) is 0 Å². The van der Waals surface area contributed by atoms with E-state index in [1.54, 1.807) is 0 Å². The van der Waals surface area contributed by atoms with Crippen LogP contribution in [0.25, 0.3) is 0 Å². The maximum absolute atomic E-state index is 5.58. The number of nitrogens with two attached hydrogens (primary N) is 1. The first-order valence-electron chi connectivity index (χ1n) is 4.50. The smallest absolute Gasteiger partial charge is 0.107 e. The molecule has 1 unspecified atom stereocenters. The van der Waals surface area contributed by atoms with Gasteiger partial charge in [-0.15, -0.1) is 0 Å². The molecule has 0 aromatic carbocycles. The van der Waals surface area contributed by atoms with Crippen molar-refractivity contribution in [2.45, 2.75) is 32.7 Å². The summed E-state index contributed by atoms with van der Waals surface area (Å²) in [7, 11) is 0. The van der Waals surface area contributed by atoms with Crippen LogP contribution >= 0.6 is 15.9 Å². The molecule has 1 aromatic heterocycles. The van der Waals surface area contributed by atoms with E-state index in [0.717, 1.165) is 4.60 Å². The second-order valence-corrected chi connectivity index (χ2v) is 4.33. The van der Waals surface area contributed by atoms with Crippen LogP contribution in [0.2, 0.25) is 0 Å². The van der Waals surface area contributed by atoms with Crippen molar-refractivity contribution in [1.29, 1.82) is 0 Å². The number of nitrogens with zero attached hydrogens (tertiary/aromatic N) is 2. The molecule has 0 aliphatic heterocycles. The van der Waals surface area contributed by atoms with E-state index in [4.69, 9.17) is 5.73 Å². The van der Waals surface area contributed by atoms with Crippen LogP contribution in [0.15, 0.2) is 10.8 Å². The van der Waals surface area contributed by atoms with Crippen LogP contribution in [0.5, 0.6) is 0 Å². The zero-order chi connectivity index (χ0) is 10.0. The zero-order valence-corrected chi connectivity index (χ0v) is 9.87. The van der Waals surface area contributed by atoms with Gasteiger partial charge in [-0.1, -0.05) is 13.8 Å². The molecule has 3 nitrogen and oxygen atoms in total. The molecule has 1 aromatic rings. The van der Waals surface area contributed by atoms with Crippen molar-refractivity contribution in [3.8, 4) is 0 Å². The normalized spacial score (nSPS) is 13.7. The van der Waals surface area contributed by atoms with Gasteiger partial charge in [-0.3, -0.25) is 4.68 Å². The topological polar surface area (TPSA) is 43.8 Å². The first-order valence-corrected chi connectivity index (χ1v) is 5.30. The van der Waals surface area contributed by atoms with Crippen molar-refractivity contribution in [2.75, 3.05) is 6.54 Å². The molecule has 0 aliphatic carbocycles. The fraction of sp³-hybridized carbons (Fsp3) is 0.667. The summed E-state index contributed by atoms with van der Waals surface area (Å²) in [6, 6.07) is 0.252. The van der Waals surface area contributed by atoms with Crippen molar-refractivity contribution in [3.05, 3.63) is 16.4 Å². The van der Waals surface area contributed by atoms with E-state index < -0.39 is 0 Å². The third-order valence-corrected chi connectivity index (χ3v) is 2.96. The molecule has 0 saturated heterocycles. The lowest BCUT2D eigenvalue weighted by atomic mass is 10.1. The molecule has 2 N–H and O–H groups in total. The van der Waals surface area contributed by atoms with Gasteiger partial charge in [0.05, 0.1) is 12.2 Å². The van der Waals surface area contributed by atoms with Gasteiger partial charge in [0, 0.05) is 12.1 Å². The fourth-order valence-electron chi connectivity index (χ4n) is 1.16. The molecule has 0 bridgehead atoms. The third kappa shape index (κ3) is 2.11. The van der Waals surface area contributed by atoms with Crippen molar-refractivity contribution >= 4 is 15.9 Å². The Bertz CT molecular complexity index is 280. The largest absolute Gasteiger partial charge is 0.328 e. The standard InChI is InChI=1S/C9H16BrN3/c1-6(2)8-5-12-13(9(8)10)7(3)4-11/h5-7H,4,11H2,1-3H3. The van der Waals surface area contributed by atoms with E-state index >= 15 is 0 Å². The number of hydrogen-bond acceptors (Lipinski definition) is 2. The average Bonchev–Trinajstić information content (AvgIpc) is 2.46. The van der Waals surface area contributed by atoms with E-state index in [2.05, 4.69) is 41.8 Å². The molecule has 0 fully saturated rings. The monoisotopic (exact) mass is 245 g/mol. The number of hydrogen-bond donors (Lipinski definition) is 1. The maximum atomic E-state index is 5.58. The summed E-state index contributed by atoms with van der Waals surface area (Å²) < 4.78 is 2.98. The van der Waals surface area contributed by atoms with Crippen LogP contribution < -0.4 is 5.73 Å². The second-order valence-electron chi connectivity index (χ2n) is 3.57. The van der Waals surface area contributed by atoms with Crippen molar-refractivity contribution in [1.82, 2.24) is 9.78 Å². The molecule has 1 atom stereocenters. The van der Waals surface area contributed by atoms with Crippen molar-refractivity contribution < 1.29 is 0 Å². The Morgan fingerprint density at radius 2 is 2.15 bits per heavy atom. The Morgan fingerprint density at radius 3 is 2.54 bits per heavy atom. The molecular weight excluding hydrogens is 230 g/mol. The van der Waals surface area contributed by atoms with E-state index in [1.807, 2.05) is 10.9 Å². The molecule has 13 heavy (non-hydrogen) atoms. The molecule has 4 heteroatoms. The first kappa shape index (κ1) is 10.7. The lowest BCUT2D eigenvalue weighted by molar-refractivity contribution is 0.490. The van der Waals surface area contributed by atoms with Gasteiger partial charge < -0.3 is 5.73 Å². The van der Waals surface area contributed by atoms with E-state index in [9.17, 15) is 0 Å². The highest BCUT2D eigenvalue weighted by atomic mass is 79.9. The van der Waals surface area contributed by atoms with E-state index in [1.165, 1.54) is 5.56 Å². The molecule has 1 rings (SSSR count). The molecule has 74 valence electrons. The Balaban J connectivity index is 2.99. The predicted molar refractivity (Wildman–Crippen MR) is 57.8 cm³/mol. The summed E-state index contributed by atoms with van der Waals surface area (Å²) in [5.41, 5.74) is 6.81. The molecule has 0 saturated carbocycles. The summed E-state index contributed by atoms with van der Waals surface area (Å²) in [4.78, 5) is 0. The Labute approximate surface area is 87.4 Å². The summed E-state index contributed by atoms with van der Waals surface area (Å²) in [5, 5.41) is 4.30. The number of rotatable bonds is 3. The van der Waals surface area contributed by atoms with Crippen LogP contribution in [-0.4, -0.2) is 16.3 Å². The number of halogens is 1. The molecule has 0 aliphatic rings. The zero-order valence-electron chi connectivity index (χ0n) is 8.29. The summed E-state index contributed by atoms with van der Waals surface area (Å²) in [5.74, 6) is 0.494. The van der Waals surface area contributed by atoms with Crippen LogP contribution in [0.3, 0.4) is 0 Å². The van der Waals surface area contributed by atoms with Crippen LogP contribution in [0, 0.1) is 0 Å². The van der Waals surface area contributed by atoms with Crippen molar-refractivity contribution in [2.24, 2.45) is 5.73 Å². The average molecular weight is 246 g/mol. The highest BCUT2D eigenvalue weighted by Gasteiger charge is 2.13. The van der Waals surface area contributed by atoms with Gasteiger partial charge in [-0.05, 0) is 28.8 Å². The summed E-state index contributed by atoms with van der Waals surface area (Å²) >= 11 is 3.54. The van der Waals surface area contributed by atoms with Gasteiger partial charge >= 0.3 is 0 Å². The van der Waals surface area contributed by atoms with Crippen LogP contribution in [0.1, 0.15) is 38.3 Å². The Hall–Kier alpha value is -0.350. The van der Waals surface area contributed by atoms with Gasteiger partial charge in [0.25, 0.3) is 0 Å². The van der Waals surface area contributed by atoms with E-state index in [-0.39, 0.29) is 6.04 Å². The molecule has 0 amide bonds. The molecular formula is C9H16BrN3. The Kier molecular flexibility index (Phi) is 3.50. The highest BCUT2D eigenvalue weighted by Crippen LogP contribution is 2.26. The molecule has 0 spiro atoms. The SMILES string of the molecule is CC(C)c1cnn(C(C)CN)c1Br. The molecule has 1 heterocycles. The summed E-state index contributed by atoms with van der Waals surface area (Å²) in [6.07, 6.45) is 1.90. The van der Waals surface area contributed by atoms with Gasteiger partial charge in [-0.25, -0.2) is 0 Å². The van der Waals surface area contributed by atoms with Crippen LogP contribution in [-0.2, 0) is 0 Å². The van der Waals surface area contributed by atoms with Crippen LogP contribution in [0.4, 0.5) is 0 Å². The lowest BCUT2D eigenvalue weighted by Gasteiger charge is -2.11. The summed E-state index contributed by atoms with van der Waals surface area (Å²) in [6.45, 7) is 6.97. The Morgan fingerprint density at radius 1 is 1.54 bits per heavy atom. The quantitative estimate of drug-likeness (QED) is 0.889. The number of aromatic nitrogens is 2. The minimum atomic E-state index is 0.252. The van der Waals surface area contributed by atoms with Crippen molar-refractivity contribution in [3.63, 3.8) is 0 Å².